The fourth-order valence-corrected chi connectivity index (χ4v) is 2.55. The summed E-state index contributed by atoms with van der Waals surface area (Å²) in [6.45, 7) is 4.40. The number of ether oxygens (including phenoxy) is 1. The molecule has 2 aromatic rings. The molecule has 2 unspecified atom stereocenters. The van der Waals surface area contributed by atoms with Crippen LogP contribution in [-0.2, 0) is 4.74 Å². The van der Waals surface area contributed by atoms with Crippen molar-refractivity contribution in [3.05, 3.63) is 29.8 Å². The number of rotatable bonds is 4. The third kappa shape index (κ3) is 2.35. The fraction of sp³-hybridized carbons (Fsp3) is 0.500. The van der Waals surface area contributed by atoms with Gasteiger partial charge in [0.15, 0.2) is 5.82 Å². The Morgan fingerprint density at radius 3 is 3.16 bits per heavy atom. The number of halogens is 1. The van der Waals surface area contributed by atoms with Gasteiger partial charge >= 0.3 is 0 Å². The van der Waals surface area contributed by atoms with E-state index in [1.54, 1.807) is 6.07 Å². The van der Waals surface area contributed by atoms with Crippen LogP contribution in [0.3, 0.4) is 0 Å². The van der Waals surface area contributed by atoms with Crippen molar-refractivity contribution < 1.29 is 9.13 Å². The van der Waals surface area contributed by atoms with Crippen molar-refractivity contribution in [2.45, 2.75) is 25.3 Å². The van der Waals surface area contributed by atoms with Gasteiger partial charge < -0.3 is 15.0 Å². The summed E-state index contributed by atoms with van der Waals surface area (Å²) in [5, 5.41) is 3.46. The highest BCUT2D eigenvalue weighted by molar-refractivity contribution is 5.75. The molecule has 2 N–H and O–H groups in total. The molecule has 1 saturated heterocycles. The Kier molecular flexibility index (Phi) is 3.48. The summed E-state index contributed by atoms with van der Waals surface area (Å²) < 4.78 is 19.2. The van der Waals surface area contributed by atoms with E-state index in [4.69, 9.17) is 4.74 Å². The van der Waals surface area contributed by atoms with E-state index in [2.05, 4.69) is 22.2 Å². The van der Waals surface area contributed by atoms with Crippen LogP contribution < -0.4 is 5.32 Å². The van der Waals surface area contributed by atoms with Gasteiger partial charge in [-0.15, -0.1) is 0 Å². The van der Waals surface area contributed by atoms with E-state index in [9.17, 15) is 4.39 Å². The standard InChI is InChI=1S/C14H18FN3O/c1-2-6-16-12-8-19-7-9(12)14-17-11-5-3-4-10(15)13(11)18-14/h3-5,9,12,16H,2,6-8H2,1H3,(H,17,18). The summed E-state index contributed by atoms with van der Waals surface area (Å²) in [7, 11) is 0. The maximum atomic E-state index is 13.7. The SMILES string of the molecule is CCCNC1COCC1c1nc2c(F)cccc2[nH]1. The Morgan fingerprint density at radius 2 is 2.37 bits per heavy atom. The molecule has 19 heavy (non-hydrogen) atoms. The van der Waals surface area contributed by atoms with Gasteiger partial charge in [-0.25, -0.2) is 9.37 Å². The van der Waals surface area contributed by atoms with Gasteiger partial charge in [-0.2, -0.15) is 0 Å². The predicted octanol–water partition coefficient (Wildman–Crippen LogP) is 2.18. The molecule has 0 radical (unpaired) electrons. The Hall–Kier alpha value is -1.46. The summed E-state index contributed by atoms with van der Waals surface area (Å²) in [4.78, 5) is 7.62. The minimum Gasteiger partial charge on any atom is -0.379 e. The second-order valence-corrected chi connectivity index (χ2v) is 4.96. The smallest absolute Gasteiger partial charge is 0.151 e. The number of hydrogen-bond donors (Lipinski definition) is 2. The first-order chi connectivity index (χ1) is 9.29. The molecule has 0 amide bonds. The molecule has 2 atom stereocenters. The van der Waals surface area contributed by atoms with Crippen molar-refractivity contribution >= 4 is 11.0 Å². The molecule has 2 heterocycles. The first-order valence-electron chi connectivity index (χ1n) is 6.75. The first-order valence-corrected chi connectivity index (χ1v) is 6.75. The largest absolute Gasteiger partial charge is 0.379 e. The summed E-state index contributed by atoms with van der Waals surface area (Å²) in [5.74, 6) is 0.696. The monoisotopic (exact) mass is 263 g/mol. The second kappa shape index (κ2) is 5.27. The van der Waals surface area contributed by atoms with Crippen LogP contribution in [0.5, 0.6) is 0 Å². The third-order valence-electron chi connectivity index (χ3n) is 3.57. The Labute approximate surface area is 111 Å². The number of imidazole rings is 1. The molecule has 0 saturated carbocycles. The lowest BCUT2D eigenvalue weighted by molar-refractivity contribution is 0.187. The number of fused-ring (bicyclic) bond motifs is 1. The first kappa shape index (κ1) is 12.6. The van der Waals surface area contributed by atoms with E-state index < -0.39 is 0 Å². The molecule has 5 heteroatoms. The van der Waals surface area contributed by atoms with Crippen LogP contribution in [0.1, 0.15) is 25.1 Å². The topological polar surface area (TPSA) is 49.9 Å². The van der Waals surface area contributed by atoms with Crippen LogP contribution >= 0.6 is 0 Å². The van der Waals surface area contributed by atoms with Gasteiger partial charge in [0.25, 0.3) is 0 Å². The molecule has 4 nitrogen and oxygen atoms in total. The highest BCUT2D eigenvalue weighted by atomic mass is 19.1. The summed E-state index contributed by atoms with van der Waals surface area (Å²) >= 11 is 0. The Bertz CT molecular complexity index is 569. The molecule has 0 bridgehead atoms. The molecular weight excluding hydrogens is 245 g/mol. The zero-order valence-electron chi connectivity index (χ0n) is 10.9. The zero-order valence-corrected chi connectivity index (χ0v) is 10.9. The second-order valence-electron chi connectivity index (χ2n) is 4.96. The average Bonchev–Trinajstić information content (AvgIpc) is 3.02. The van der Waals surface area contributed by atoms with Crippen LogP contribution in [0.25, 0.3) is 11.0 Å². The molecule has 1 aliphatic rings. The van der Waals surface area contributed by atoms with Gasteiger partial charge in [-0.05, 0) is 25.1 Å². The molecule has 1 fully saturated rings. The highest BCUT2D eigenvalue weighted by Gasteiger charge is 2.31. The number of aromatic amines is 1. The van der Waals surface area contributed by atoms with Crippen LogP contribution in [0.2, 0.25) is 0 Å². The number of benzene rings is 1. The van der Waals surface area contributed by atoms with E-state index in [-0.39, 0.29) is 17.8 Å². The maximum Gasteiger partial charge on any atom is 0.151 e. The van der Waals surface area contributed by atoms with E-state index in [1.165, 1.54) is 6.07 Å². The molecular formula is C14H18FN3O. The van der Waals surface area contributed by atoms with Gasteiger partial charge in [0.2, 0.25) is 0 Å². The van der Waals surface area contributed by atoms with Gasteiger partial charge in [-0.1, -0.05) is 13.0 Å². The molecule has 0 aliphatic carbocycles. The van der Waals surface area contributed by atoms with Crippen LogP contribution in [0.15, 0.2) is 18.2 Å². The zero-order chi connectivity index (χ0) is 13.2. The molecule has 102 valence electrons. The minimum absolute atomic E-state index is 0.165. The summed E-state index contributed by atoms with van der Waals surface area (Å²) in [5.41, 5.74) is 1.16. The number of aromatic nitrogens is 2. The molecule has 1 aromatic heterocycles. The summed E-state index contributed by atoms with van der Waals surface area (Å²) in [6, 6.07) is 5.23. The summed E-state index contributed by atoms with van der Waals surface area (Å²) in [6.07, 6.45) is 1.08. The third-order valence-corrected chi connectivity index (χ3v) is 3.57. The van der Waals surface area contributed by atoms with E-state index >= 15 is 0 Å². The molecule has 1 aliphatic heterocycles. The lowest BCUT2D eigenvalue weighted by Crippen LogP contribution is -2.35. The predicted molar refractivity (Wildman–Crippen MR) is 71.7 cm³/mol. The number of nitrogens with zero attached hydrogens (tertiary/aromatic N) is 1. The van der Waals surface area contributed by atoms with Crippen LogP contribution in [0, 0.1) is 5.82 Å². The Morgan fingerprint density at radius 1 is 1.47 bits per heavy atom. The fourth-order valence-electron chi connectivity index (χ4n) is 2.55. The maximum absolute atomic E-state index is 13.7. The lowest BCUT2D eigenvalue weighted by atomic mass is 10.0. The molecule has 0 spiro atoms. The van der Waals surface area contributed by atoms with Gasteiger partial charge in [-0.3, -0.25) is 0 Å². The van der Waals surface area contributed by atoms with Crippen molar-refractivity contribution in [2.24, 2.45) is 0 Å². The van der Waals surface area contributed by atoms with Crippen molar-refractivity contribution in [1.82, 2.24) is 15.3 Å². The molecule has 3 rings (SSSR count). The van der Waals surface area contributed by atoms with Crippen LogP contribution in [0.4, 0.5) is 4.39 Å². The highest BCUT2D eigenvalue weighted by Crippen LogP contribution is 2.26. The van der Waals surface area contributed by atoms with Crippen molar-refractivity contribution in [3.8, 4) is 0 Å². The number of para-hydroxylation sites is 1. The quantitative estimate of drug-likeness (QED) is 0.889. The Balaban J connectivity index is 1.88. The van der Waals surface area contributed by atoms with E-state index in [0.717, 1.165) is 24.3 Å². The van der Waals surface area contributed by atoms with Gasteiger partial charge in [0, 0.05) is 6.04 Å². The minimum atomic E-state index is -0.281. The van der Waals surface area contributed by atoms with E-state index in [1.807, 2.05) is 6.07 Å². The number of H-pyrrole nitrogens is 1. The lowest BCUT2D eigenvalue weighted by Gasteiger charge is -2.16. The normalized spacial score (nSPS) is 23.3. The molecule has 1 aromatic carbocycles. The van der Waals surface area contributed by atoms with Crippen molar-refractivity contribution in [2.75, 3.05) is 19.8 Å². The van der Waals surface area contributed by atoms with E-state index in [0.29, 0.717) is 18.7 Å². The number of nitrogens with one attached hydrogen (secondary N) is 2. The van der Waals surface area contributed by atoms with Gasteiger partial charge in [0.1, 0.15) is 11.3 Å². The van der Waals surface area contributed by atoms with Crippen molar-refractivity contribution in [3.63, 3.8) is 0 Å². The van der Waals surface area contributed by atoms with Crippen molar-refractivity contribution in [1.29, 1.82) is 0 Å². The van der Waals surface area contributed by atoms with Crippen LogP contribution in [-0.4, -0.2) is 35.8 Å². The van der Waals surface area contributed by atoms with Gasteiger partial charge in [0.05, 0.1) is 24.6 Å². The number of hydrogen-bond acceptors (Lipinski definition) is 3. The average molecular weight is 263 g/mol.